The van der Waals surface area contributed by atoms with E-state index in [1.165, 1.54) is 25.7 Å². The van der Waals surface area contributed by atoms with Gasteiger partial charge in [0.2, 0.25) is 0 Å². The zero-order valence-corrected chi connectivity index (χ0v) is 20.7. The first-order valence-corrected chi connectivity index (χ1v) is 13.1. The summed E-state index contributed by atoms with van der Waals surface area (Å²) in [6.45, 7) is 2.20. The highest BCUT2D eigenvalue weighted by Gasteiger charge is 2.26. The summed E-state index contributed by atoms with van der Waals surface area (Å²) in [6, 6.07) is 12.4. The fourth-order valence-electron chi connectivity index (χ4n) is 5.44. The summed E-state index contributed by atoms with van der Waals surface area (Å²) in [5.74, 6) is -4.67. The van der Waals surface area contributed by atoms with Gasteiger partial charge in [0.25, 0.3) is 0 Å². The van der Waals surface area contributed by atoms with Gasteiger partial charge in [-0.2, -0.15) is 0 Å². The molecule has 0 aromatic heterocycles. The van der Waals surface area contributed by atoms with Crippen molar-refractivity contribution in [2.24, 2.45) is 5.92 Å². The quantitative estimate of drug-likeness (QED) is 0.156. The molecule has 0 nitrogen and oxygen atoms in total. The summed E-state index contributed by atoms with van der Waals surface area (Å²) in [5, 5.41) is 0. The van der Waals surface area contributed by atoms with Crippen LogP contribution in [0.25, 0.3) is 11.1 Å². The minimum atomic E-state index is -1.47. The van der Waals surface area contributed by atoms with Gasteiger partial charge < -0.3 is 0 Å². The van der Waals surface area contributed by atoms with Gasteiger partial charge in [0.15, 0.2) is 29.1 Å². The lowest BCUT2D eigenvalue weighted by Gasteiger charge is -2.29. The van der Waals surface area contributed by atoms with Crippen LogP contribution in [0.15, 0.2) is 48.5 Å². The average molecular weight is 501 g/mol. The molecule has 36 heavy (non-hydrogen) atoms. The number of halogens is 5. The largest absolute Gasteiger partial charge is 0.204 e. The number of unbranched alkanes of at least 4 members (excludes halogenated alkanes) is 2. The van der Waals surface area contributed by atoms with Gasteiger partial charge >= 0.3 is 0 Å². The Balaban J connectivity index is 1.39. The summed E-state index contributed by atoms with van der Waals surface area (Å²) in [6.07, 6.45) is 9.74. The highest BCUT2D eigenvalue weighted by molar-refractivity contribution is 5.65. The van der Waals surface area contributed by atoms with Gasteiger partial charge in [0.05, 0.1) is 0 Å². The summed E-state index contributed by atoms with van der Waals surface area (Å²) in [7, 11) is 0. The maximum Gasteiger partial charge on any atom is 0.194 e. The van der Waals surface area contributed by atoms with Gasteiger partial charge in [-0.3, -0.25) is 0 Å². The zero-order valence-electron chi connectivity index (χ0n) is 20.7. The zero-order chi connectivity index (χ0) is 25.7. The van der Waals surface area contributed by atoms with Crippen molar-refractivity contribution in [3.05, 3.63) is 94.3 Å². The number of rotatable bonds is 9. The van der Waals surface area contributed by atoms with E-state index in [1.54, 1.807) is 36.4 Å². The number of benzene rings is 3. The SMILES string of the molecule is CCCCCC1CCC(c2ccc(-c3ccc(CCc4cc(F)c(F)c(F)c4)cc3)c(F)c2F)CC1. The predicted octanol–water partition coefficient (Wildman–Crippen LogP) is 9.69. The lowest BCUT2D eigenvalue weighted by Crippen LogP contribution is -2.15. The van der Waals surface area contributed by atoms with Crippen LogP contribution in [0.3, 0.4) is 0 Å². The van der Waals surface area contributed by atoms with Crippen LogP contribution in [0.4, 0.5) is 22.0 Å². The molecule has 0 atom stereocenters. The Morgan fingerprint density at radius 1 is 0.667 bits per heavy atom. The summed E-state index contributed by atoms with van der Waals surface area (Å²) >= 11 is 0. The summed E-state index contributed by atoms with van der Waals surface area (Å²) < 4.78 is 70.1. The van der Waals surface area contributed by atoms with Crippen molar-refractivity contribution >= 4 is 0 Å². The third-order valence-corrected chi connectivity index (χ3v) is 7.63. The molecule has 4 rings (SSSR count). The maximum atomic E-state index is 15.1. The highest BCUT2D eigenvalue weighted by atomic mass is 19.2. The van der Waals surface area contributed by atoms with E-state index < -0.39 is 29.1 Å². The lowest BCUT2D eigenvalue weighted by molar-refractivity contribution is 0.298. The van der Waals surface area contributed by atoms with Crippen molar-refractivity contribution in [3.63, 3.8) is 0 Å². The van der Waals surface area contributed by atoms with Crippen molar-refractivity contribution in [1.82, 2.24) is 0 Å². The third-order valence-electron chi connectivity index (χ3n) is 7.63. The van der Waals surface area contributed by atoms with E-state index in [0.717, 1.165) is 43.4 Å². The molecule has 192 valence electrons. The topological polar surface area (TPSA) is 0 Å². The standard InChI is InChI=1S/C31H33F5/c1-2-3-4-5-20-8-12-23(13-9-20)25-16-17-26(30(35)29(25)34)24-14-10-21(11-15-24)6-7-22-18-27(32)31(36)28(33)19-22/h10-11,14-20,23H,2-9,12-13H2,1H3. The number of aryl methyl sites for hydroxylation is 2. The smallest absolute Gasteiger partial charge is 0.194 e. The Morgan fingerprint density at radius 3 is 1.94 bits per heavy atom. The van der Waals surface area contributed by atoms with Crippen molar-refractivity contribution in [3.8, 4) is 11.1 Å². The normalized spacial score (nSPS) is 17.9. The van der Waals surface area contributed by atoms with Gasteiger partial charge in [0.1, 0.15) is 0 Å². The Morgan fingerprint density at radius 2 is 1.31 bits per heavy atom. The molecule has 0 bridgehead atoms. The third kappa shape index (κ3) is 6.16. The van der Waals surface area contributed by atoms with Crippen LogP contribution in [0.5, 0.6) is 0 Å². The van der Waals surface area contributed by atoms with Gasteiger partial charge in [-0.25, -0.2) is 22.0 Å². The van der Waals surface area contributed by atoms with Crippen LogP contribution in [0.2, 0.25) is 0 Å². The van der Waals surface area contributed by atoms with E-state index in [4.69, 9.17) is 0 Å². The second kappa shape index (κ2) is 12.0. The monoisotopic (exact) mass is 500 g/mol. The molecular weight excluding hydrogens is 467 g/mol. The second-order valence-corrected chi connectivity index (χ2v) is 10.1. The maximum absolute atomic E-state index is 15.1. The lowest BCUT2D eigenvalue weighted by atomic mass is 9.76. The molecule has 1 aliphatic carbocycles. The average Bonchev–Trinajstić information content (AvgIpc) is 2.88. The molecule has 0 radical (unpaired) electrons. The van der Waals surface area contributed by atoms with Crippen molar-refractivity contribution in [2.45, 2.75) is 77.0 Å². The van der Waals surface area contributed by atoms with Crippen molar-refractivity contribution in [2.75, 3.05) is 0 Å². The Bertz CT molecular complexity index is 1140. The molecule has 0 heterocycles. The summed E-state index contributed by atoms with van der Waals surface area (Å²) in [4.78, 5) is 0. The van der Waals surface area contributed by atoms with E-state index in [1.807, 2.05) is 0 Å². The molecule has 0 amide bonds. The van der Waals surface area contributed by atoms with Crippen LogP contribution in [-0.2, 0) is 12.8 Å². The van der Waals surface area contributed by atoms with E-state index in [-0.39, 0.29) is 11.5 Å². The Kier molecular flexibility index (Phi) is 8.81. The molecule has 5 heteroatoms. The van der Waals surface area contributed by atoms with E-state index in [9.17, 15) is 13.2 Å². The van der Waals surface area contributed by atoms with Crippen molar-refractivity contribution < 1.29 is 22.0 Å². The summed E-state index contributed by atoms with van der Waals surface area (Å²) in [5.41, 5.74) is 2.50. The molecule has 3 aromatic carbocycles. The molecule has 0 saturated heterocycles. The van der Waals surface area contributed by atoms with Crippen LogP contribution in [-0.4, -0.2) is 0 Å². The predicted molar refractivity (Wildman–Crippen MR) is 134 cm³/mol. The molecule has 0 N–H and O–H groups in total. The van der Waals surface area contributed by atoms with Crippen LogP contribution in [0, 0.1) is 35.0 Å². The first kappa shape index (κ1) is 26.4. The molecule has 1 fully saturated rings. The minimum absolute atomic E-state index is 0.0690. The molecule has 0 unspecified atom stereocenters. The molecular formula is C31H33F5. The molecule has 0 aliphatic heterocycles. The van der Waals surface area contributed by atoms with Gasteiger partial charge in [-0.1, -0.05) is 69.0 Å². The highest BCUT2D eigenvalue weighted by Crippen LogP contribution is 2.40. The molecule has 1 aliphatic rings. The van der Waals surface area contributed by atoms with Gasteiger partial charge in [0, 0.05) is 5.56 Å². The van der Waals surface area contributed by atoms with E-state index >= 15 is 8.78 Å². The first-order chi connectivity index (χ1) is 17.4. The van der Waals surface area contributed by atoms with E-state index in [0.29, 0.717) is 35.4 Å². The number of hydrogen-bond acceptors (Lipinski definition) is 0. The van der Waals surface area contributed by atoms with Gasteiger partial charge in [-0.05, 0) is 84.7 Å². The van der Waals surface area contributed by atoms with Crippen molar-refractivity contribution in [1.29, 1.82) is 0 Å². The van der Waals surface area contributed by atoms with Crippen LogP contribution in [0.1, 0.15) is 80.9 Å². The number of hydrogen-bond donors (Lipinski definition) is 0. The Hall–Kier alpha value is -2.69. The van der Waals surface area contributed by atoms with Crippen LogP contribution < -0.4 is 0 Å². The van der Waals surface area contributed by atoms with E-state index in [2.05, 4.69) is 6.92 Å². The second-order valence-electron chi connectivity index (χ2n) is 10.1. The minimum Gasteiger partial charge on any atom is -0.204 e. The fraction of sp³-hybridized carbons (Fsp3) is 0.419. The molecule has 3 aromatic rings. The van der Waals surface area contributed by atoms with Crippen LogP contribution >= 0.6 is 0 Å². The Labute approximate surface area is 210 Å². The first-order valence-electron chi connectivity index (χ1n) is 13.1. The molecule has 0 spiro atoms. The fourth-order valence-corrected chi connectivity index (χ4v) is 5.44. The molecule has 1 saturated carbocycles. The van der Waals surface area contributed by atoms with Gasteiger partial charge in [-0.15, -0.1) is 0 Å².